The van der Waals surface area contributed by atoms with Crippen LogP contribution < -0.4 is 10.5 Å². The number of halogens is 2. The minimum absolute atomic E-state index is 0.267. The fraction of sp³-hybridized carbons (Fsp3) is 0.143. The first-order valence-electron chi connectivity index (χ1n) is 5.61. The number of ether oxygens (including phenoxy) is 1. The molecule has 0 aliphatic rings. The molecule has 0 aliphatic carbocycles. The van der Waals surface area contributed by atoms with Crippen molar-refractivity contribution in [2.75, 3.05) is 5.73 Å². The molecule has 0 saturated carbocycles. The van der Waals surface area contributed by atoms with Gasteiger partial charge in [0.15, 0.2) is 5.75 Å². The second kappa shape index (κ2) is 5.27. The largest absolute Gasteiger partial charge is 0.455 e. The molecule has 0 unspecified atom stereocenters. The molecule has 0 heterocycles. The lowest BCUT2D eigenvalue weighted by molar-refractivity contribution is 0.482. The van der Waals surface area contributed by atoms with Crippen molar-refractivity contribution in [1.82, 2.24) is 0 Å². The summed E-state index contributed by atoms with van der Waals surface area (Å²) in [4.78, 5) is 0. The van der Waals surface area contributed by atoms with Gasteiger partial charge in [-0.1, -0.05) is 18.5 Å². The summed E-state index contributed by atoms with van der Waals surface area (Å²) in [5.74, 6) is 0.681. The van der Waals surface area contributed by atoms with Gasteiger partial charge in [0.05, 0.1) is 5.69 Å². The Morgan fingerprint density at radius 3 is 2.67 bits per heavy atom. The van der Waals surface area contributed by atoms with E-state index < -0.39 is 0 Å². The molecule has 0 aliphatic heterocycles. The Morgan fingerprint density at radius 1 is 1.22 bits per heavy atom. The summed E-state index contributed by atoms with van der Waals surface area (Å²) < 4.78 is 18.5. The van der Waals surface area contributed by atoms with Crippen LogP contribution in [-0.2, 0) is 6.42 Å². The number of hydrogen-bond donors (Lipinski definition) is 1. The third kappa shape index (κ3) is 2.74. The second-order valence-corrected chi connectivity index (χ2v) is 4.30. The average molecular weight is 266 g/mol. The van der Waals surface area contributed by atoms with Gasteiger partial charge in [0.2, 0.25) is 0 Å². The summed E-state index contributed by atoms with van der Waals surface area (Å²) in [6, 6.07) is 9.42. The van der Waals surface area contributed by atoms with Gasteiger partial charge in [0.25, 0.3) is 0 Å². The molecule has 94 valence electrons. The van der Waals surface area contributed by atoms with Crippen molar-refractivity contribution in [1.29, 1.82) is 0 Å². The van der Waals surface area contributed by atoms with E-state index >= 15 is 0 Å². The third-order valence-electron chi connectivity index (χ3n) is 2.60. The number of rotatable bonds is 3. The first kappa shape index (κ1) is 12.7. The zero-order valence-electron chi connectivity index (χ0n) is 9.91. The van der Waals surface area contributed by atoms with Crippen LogP contribution >= 0.6 is 11.6 Å². The van der Waals surface area contributed by atoms with Crippen molar-refractivity contribution in [3.05, 3.63) is 52.8 Å². The van der Waals surface area contributed by atoms with Gasteiger partial charge in [-0.2, -0.15) is 0 Å². The highest BCUT2D eigenvalue weighted by molar-refractivity contribution is 6.31. The molecule has 0 spiro atoms. The summed E-state index contributed by atoms with van der Waals surface area (Å²) in [5.41, 5.74) is 6.94. The van der Waals surface area contributed by atoms with Gasteiger partial charge in [-0.25, -0.2) is 4.39 Å². The number of nitrogen functional groups attached to an aromatic ring is 1. The topological polar surface area (TPSA) is 35.2 Å². The van der Waals surface area contributed by atoms with E-state index in [4.69, 9.17) is 22.1 Å². The van der Waals surface area contributed by atoms with Crippen LogP contribution in [0, 0.1) is 5.82 Å². The summed E-state index contributed by atoms with van der Waals surface area (Å²) in [7, 11) is 0. The zero-order valence-corrected chi connectivity index (χ0v) is 10.7. The van der Waals surface area contributed by atoms with Crippen molar-refractivity contribution >= 4 is 17.3 Å². The summed E-state index contributed by atoms with van der Waals surface area (Å²) in [6.45, 7) is 2.01. The fourth-order valence-corrected chi connectivity index (χ4v) is 1.88. The monoisotopic (exact) mass is 265 g/mol. The number of anilines is 1. The second-order valence-electron chi connectivity index (χ2n) is 3.89. The lowest BCUT2D eigenvalue weighted by atomic mass is 10.1. The van der Waals surface area contributed by atoms with E-state index in [2.05, 4.69) is 0 Å². The summed E-state index contributed by atoms with van der Waals surface area (Å²) in [5, 5.41) is 0.705. The Kier molecular flexibility index (Phi) is 3.72. The molecule has 0 fully saturated rings. The maximum atomic E-state index is 12.9. The van der Waals surface area contributed by atoms with E-state index in [9.17, 15) is 4.39 Å². The number of benzene rings is 2. The van der Waals surface area contributed by atoms with Gasteiger partial charge in [0.1, 0.15) is 11.6 Å². The van der Waals surface area contributed by atoms with Crippen LogP contribution in [0.1, 0.15) is 12.5 Å². The molecule has 2 aromatic carbocycles. The Balaban J connectivity index is 2.28. The number of hydrogen-bond acceptors (Lipinski definition) is 2. The molecule has 2 rings (SSSR count). The number of aryl methyl sites for hydroxylation is 1. The lowest BCUT2D eigenvalue weighted by Crippen LogP contribution is -1.93. The molecule has 4 heteroatoms. The Labute approximate surface area is 110 Å². The highest BCUT2D eigenvalue weighted by Gasteiger charge is 2.05. The van der Waals surface area contributed by atoms with E-state index in [1.165, 1.54) is 18.2 Å². The van der Waals surface area contributed by atoms with Gasteiger partial charge in [-0.15, -0.1) is 0 Å². The van der Waals surface area contributed by atoms with Crippen LogP contribution in [0.15, 0.2) is 36.4 Å². The van der Waals surface area contributed by atoms with Crippen LogP contribution in [0.5, 0.6) is 11.5 Å². The van der Waals surface area contributed by atoms with Crippen molar-refractivity contribution < 1.29 is 9.13 Å². The smallest absolute Gasteiger partial charge is 0.150 e. The Morgan fingerprint density at radius 2 is 2.00 bits per heavy atom. The predicted octanol–water partition coefficient (Wildman–Crippen LogP) is 4.42. The third-order valence-corrected chi connectivity index (χ3v) is 2.97. The average Bonchev–Trinajstić information content (AvgIpc) is 2.35. The Bertz CT molecular complexity index is 572. The lowest BCUT2D eigenvalue weighted by Gasteiger charge is -2.10. The summed E-state index contributed by atoms with van der Waals surface area (Å²) >= 11 is 6.02. The number of nitrogens with two attached hydrogens (primary N) is 1. The molecule has 0 amide bonds. The minimum atomic E-state index is -0.384. The highest BCUT2D eigenvalue weighted by Crippen LogP contribution is 2.30. The normalized spacial score (nSPS) is 10.4. The van der Waals surface area contributed by atoms with Crippen LogP contribution in [0.4, 0.5) is 10.1 Å². The van der Waals surface area contributed by atoms with Crippen LogP contribution in [0.25, 0.3) is 0 Å². The molecule has 2 aromatic rings. The molecule has 0 aromatic heterocycles. The molecular formula is C14H13ClFNO. The van der Waals surface area contributed by atoms with Gasteiger partial charge < -0.3 is 10.5 Å². The van der Waals surface area contributed by atoms with Crippen LogP contribution in [0.2, 0.25) is 5.02 Å². The van der Waals surface area contributed by atoms with Gasteiger partial charge >= 0.3 is 0 Å². The van der Waals surface area contributed by atoms with E-state index in [1.807, 2.05) is 13.0 Å². The Hall–Kier alpha value is -1.74. The van der Waals surface area contributed by atoms with Crippen molar-refractivity contribution in [2.45, 2.75) is 13.3 Å². The van der Waals surface area contributed by atoms with Crippen molar-refractivity contribution in [3.8, 4) is 11.5 Å². The van der Waals surface area contributed by atoms with Gasteiger partial charge in [-0.05, 0) is 42.3 Å². The molecule has 0 bridgehead atoms. The summed E-state index contributed by atoms with van der Waals surface area (Å²) in [6.07, 6.45) is 0.814. The van der Waals surface area contributed by atoms with E-state index in [0.29, 0.717) is 16.5 Å². The molecule has 2 nitrogen and oxygen atoms in total. The first-order valence-corrected chi connectivity index (χ1v) is 5.99. The molecule has 0 atom stereocenters. The van der Waals surface area contributed by atoms with E-state index in [-0.39, 0.29) is 11.5 Å². The van der Waals surface area contributed by atoms with Crippen molar-refractivity contribution in [3.63, 3.8) is 0 Å². The predicted molar refractivity (Wildman–Crippen MR) is 71.7 cm³/mol. The SMILES string of the molecule is CCc1cc(Oc2ccc(F)cc2N)ccc1Cl. The van der Waals surface area contributed by atoms with E-state index in [0.717, 1.165) is 12.0 Å². The zero-order chi connectivity index (χ0) is 13.1. The maximum Gasteiger partial charge on any atom is 0.150 e. The standard InChI is InChI=1S/C14H13ClFNO/c1-2-9-7-11(4-5-12(9)15)18-14-6-3-10(16)8-13(14)17/h3-8H,2,17H2,1H3. The van der Waals surface area contributed by atoms with E-state index in [1.54, 1.807) is 12.1 Å². The fourth-order valence-electron chi connectivity index (χ4n) is 1.62. The molecule has 0 radical (unpaired) electrons. The van der Waals surface area contributed by atoms with Gasteiger partial charge in [-0.3, -0.25) is 0 Å². The van der Waals surface area contributed by atoms with Gasteiger partial charge in [0, 0.05) is 11.1 Å². The molecule has 0 saturated heterocycles. The highest BCUT2D eigenvalue weighted by atomic mass is 35.5. The molecule has 2 N–H and O–H groups in total. The van der Waals surface area contributed by atoms with Crippen molar-refractivity contribution in [2.24, 2.45) is 0 Å². The minimum Gasteiger partial charge on any atom is -0.455 e. The quantitative estimate of drug-likeness (QED) is 0.834. The maximum absolute atomic E-state index is 12.9. The molecule has 18 heavy (non-hydrogen) atoms. The van der Waals surface area contributed by atoms with Crippen LogP contribution in [0.3, 0.4) is 0 Å². The molecular weight excluding hydrogens is 253 g/mol. The van der Waals surface area contributed by atoms with Crippen LogP contribution in [-0.4, -0.2) is 0 Å². The first-order chi connectivity index (χ1) is 8.60.